The molecule has 0 aliphatic carbocycles. The summed E-state index contributed by atoms with van der Waals surface area (Å²) in [6.45, 7) is 0. The van der Waals surface area contributed by atoms with E-state index in [9.17, 15) is 13.2 Å². The minimum atomic E-state index is -4.23. The van der Waals surface area contributed by atoms with Crippen LogP contribution in [-0.2, 0) is 6.18 Å². The zero-order valence-corrected chi connectivity index (χ0v) is 10.3. The third-order valence-electron chi connectivity index (χ3n) is 1.05. The predicted molar refractivity (Wildman–Crippen MR) is 36.0 cm³/mol. The van der Waals surface area contributed by atoms with Gasteiger partial charge in [-0.1, -0.05) is 5.56 Å². The van der Waals surface area contributed by atoms with E-state index in [0.717, 1.165) is 12.1 Å². The molecule has 70 valence electrons. The summed E-state index contributed by atoms with van der Waals surface area (Å²) in [6.07, 6.45) is -4.23. The summed E-state index contributed by atoms with van der Waals surface area (Å²) in [7, 11) is 0. The first-order valence-corrected chi connectivity index (χ1v) is 2.64. The second-order valence-electron chi connectivity index (χ2n) is 1.79. The van der Waals surface area contributed by atoms with Gasteiger partial charge in [0.1, 0.15) is 0 Å². The molecular weight excluding hydrogens is 243 g/mol. The van der Waals surface area contributed by atoms with Gasteiger partial charge in [0.2, 0.25) is 0 Å². The van der Waals surface area contributed by atoms with Crippen molar-refractivity contribution in [1.29, 1.82) is 0 Å². The number of hydrogen-bond acceptors (Lipinski definition) is 0. The molecule has 0 atom stereocenters. The average molecular weight is 247 g/mol. The molecule has 1 rings (SSSR count). The van der Waals surface area contributed by atoms with Crippen LogP contribution in [0.5, 0.6) is 0 Å². The molecule has 0 fully saturated rings. The van der Waals surface area contributed by atoms with Crippen molar-refractivity contribution in [3.05, 3.63) is 35.9 Å². The SMILES string of the molecule is FC(F)(F)c1cc[c-]cc1.[Cl-].[Cl-].[Li+].[Mg+2]. The third-order valence-corrected chi connectivity index (χ3v) is 1.05. The Morgan fingerprint density at radius 3 is 1.57 bits per heavy atom. The summed E-state index contributed by atoms with van der Waals surface area (Å²) in [5, 5.41) is 0. The first kappa shape index (κ1) is 24.3. The fourth-order valence-corrected chi connectivity index (χ4v) is 0.576. The van der Waals surface area contributed by atoms with Crippen LogP contribution in [-0.4, -0.2) is 23.1 Å². The first-order valence-electron chi connectivity index (χ1n) is 2.64. The van der Waals surface area contributed by atoms with Crippen LogP contribution in [0.2, 0.25) is 0 Å². The summed E-state index contributed by atoms with van der Waals surface area (Å²) < 4.78 is 35.3. The van der Waals surface area contributed by atoms with Crippen molar-refractivity contribution in [2.45, 2.75) is 6.18 Å². The Labute approximate surface area is 121 Å². The van der Waals surface area contributed by atoms with Crippen molar-refractivity contribution in [2.75, 3.05) is 0 Å². The van der Waals surface area contributed by atoms with E-state index in [1.165, 1.54) is 12.1 Å². The van der Waals surface area contributed by atoms with Crippen LogP contribution >= 0.6 is 0 Å². The molecule has 0 nitrogen and oxygen atoms in total. The molecule has 7 heteroatoms. The maximum absolute atomic E-state index is 11.8. The Bertz CT molecular complexity index is 218. The molecule has 0 spiro atoms. The van der Waals surface area contributed by atoms with Crippen LogP contribution in [0.3, 0.4) is 0 Å². The topological polar surface area (TPSA) is 0 Å². The number of halogens is 5. The second kappa shape index (κ2) is 10.5. The van der Waals surface area contributed by atoms with Gasteiger partial charge in [-0.25, -0.2) is 0 Å². The minimum Gasteiger partial charge on any atom is -1.00 e. The zero-order chi connectivity index (χ0) is 7.61. The number of alkyl halides is 3. The number of rotatable bonds is 0. The standard InChI is InChI=1S/C7H4F3.2ClH.Li.Mg/c8-7(9,10)6-4-2-1-3-5-6;;;;/h2-5H;2*1H;;/q-1;;;+1;+2/p-2. The molecule has 0 amide bonds. The molecule has 0 aliphatic heterocycles. The Morgan fingerprint density at radius 1 is 1.00 bits per heavy atom. The third kappa shape index (κ3) is 8.28. The Balaban J connectivity index is -0.000000125. The Hall–Kier alpha value is 0.954. The maximum Gasteiger partial charge on any atom is 2.00 e. The summed E-state index contributed by atoms with van der Waals surface area (Å²) >= 11 is 0. The van der Waals surface area contributed by atoms with Gasteiger partial charge < -0.3 is 24.8 Å². The van der Waals surface area contributed by atoms with Gasteiger partial charge in [-0.2, -0.15) is 43.5 Å². The predicted octanol–water partition coefficient (Wildman–Crippen LogP) is -6.86. The molecule has 0 N–H and O–H groups in total. The van der Waals surface area contributed by atoms with Gasteiger partial charge in [0, 0.05) is 0 Å². The van der Waals surface area contributed by atoms with E-state index in [4.69, 9.17) is 0 Å². The van der Waals surface area contributed by atoms with Crippen LogP contribution in [0.4, 0.5) is 13.2 Å². The molecule has 1 aromatic carbocycles. The quantitative estimate of drug-likeness (QED) is 0.316. The average Bonchev–Trinajstić information content (AvgIpc) is 1.88. The normalized spacial score (nSPS) is 8.21. The van der Waals surface area contributed by atoms with Crippen molar-refractivity contribution >= 4 is 23.1 Å². The van der Waals surface area contributed by atoms with Gasteiger partial charge in [-0.15, -0.1) is 0 Å². The monoisotopic (exact) mass is 246 g/mol. The Kier molecular flexibility index (Phi) is 18.1. The smallest absolute Gasteiger partial charge is 1.00 e. The van der Waals surface area contributed by atoms with Crippen LogP contribution in [0.15, 0.2) is 24.3 Å². The van der Waals surface area contributed by atoms with Crippen LogP contribution in [0.1, 0.15) is 5.56 Å². The molecular formula is C7H4Cl2F3LiMg. The van der Waals surface area contributed by atoms with E-state index in [2.05, 4.69) is 6.07 Å². The molecule has 0 radical (unpaired) electrons. The molecule has 1 aromatic rings. The molecule has 0 saturated carbocycles. The fraction of sp³-hybridized carbons (Fsp3) is 0.143. The molecule has 14 heavy (non-hydrogen) atoms. The van der Waals surface area contributed by atoms with E-state index in [1.54, 1.807) is 0 Å². The summed E-state index contributed by atoms with van der Waals surface area (Å²) in [5.41, 5.74) is -0.633. The van der Waals surface area contributed by atoms with Crippen molar-refractivity contribution in [2.24, 2.45) is 0 Å². The zero-order valence-electron chi connectivity index (χ0n) is 7.41. The number of benzene rings is 1. The van der Waals surface area contributed by atoms with Gasteiger partial charge in [0.25, 0.3) is 0 Å². The van der Waals surface area contributed by atoms with E-state index >= 15 is 0 Å². The summed E-state index contributed by atoms with van der Waals surface area (Å²) in [6, 6.07) is 6.95. The molecule has 0 unspecified atom stereocenters. The molecule has 0 aromatic heterocycles. The first-order chi connectivity index (χ1) is 4.61. The number of hydrogen-bond donors (Lipinski definition) is 0. The van der Waals surface area contributed by atoms with E-state index in [0.29, 0.717) is 0 Å². The van der Waals surface area contributed by atoms with Crippen molar-refractivity contribution in [3.63, 3.8) is 0 Å². The van der Waals surface area contributed by atoms with Crippen LogP contribution < -0.4 is 43.7 Å². The second-order valence-corrected chi connectivity index (χ2v) is 1.79. The largest absolute Gasteiger partial charge is 2.00 e. The van der Waals surface area contributed by atoms with Crippen LogP contribution in [0.25, 0.3) is 0 Å². The van der Waals surface area contributed by atoms with E-state index in [1.807, 2.05) is 0 Å². The van der Waals surface area contributed by atoms with E-state index < -0.39 is 11.7 Å². The Morgan fingerprint density at radius 2 is 1.36 bits per heavy atom. The molecule has 0 heterocycles. The fourth-order valence-electron chi connectivity index (χ4n) is 0.576. The molecule has 0 saturated heterocycles. The van der Waals surface area contributed by atoms with Crippen molar-refractivity contribution in [1.82, 2.24) is 0 Å². The molecule has 0 aliphatic rings. The summed E-state index contributed by atoms with van der Waals surface area (Å²) in [5.74, 6) is 0. The van der Waals surface area contributed by atoms with Crippen molar-refractivity contribution in [3.8, 4) is 0 Å². The van der Waals surface area contributed by atoms with Gasteiger partial charge in [0.05, 0.1) is 0 Å². The minimum absolute atomic E-state index is 0. The van der Waals surface area contributed by atoms with E-state index in [-0.39, 0.29) is 66.7 Å². The molecule has 0 bridgehead atoms. The maximum atomic E-state index is 11.8. The van der Waals surface area contributed by atoms with Crippen LogP contribution in [0, 0.1) is 6.07 Å². The van der Waals surface area contributed by atoms with Gasteiger partial charge in [-0.05, 0) is 0 Å². The van der Waals surface area contributed by atoms with Gasteiger partial charge >= 0.3 is 48.1 Å². The van der Waals surface area contributed by atoms with Crippen molar-refractivity contribution < 1.29 is 56.8 Å². The summed E-state index contributed by atoms with van der Waals surface area (Å²) in [4.78, 5) is 0. The van der Waals surface area contributed by atoms with Gasteiger partial charge in [-0.3, -0.25) is 0 Å². The van der Waals surface area contributed by atoms with Gasteiger partial charge in [0.15, 0.2) is 0 Å².